The number of aliphatic imine (C=N–C) groups is 1. The van der Waals surface area contributed by atoms with Crippen molar-refractivity contribution in [1.29, 1.82) is 0 Å². The average molecular weight is 225 g/mol. The minimum Gasteiger partial charge on any atom is -0.351 e. The molecule has 0 aliphatic carbocycles. The van der Waals surface area contributed by atoms with Crippen molar-refractivity contribution < 1.29 is 0 Å². The molecule has 16 heavy (non-hydrogen) atoms. The van der Waals surface area contributed by atoms with Crippen LogP contribution in [0.1, 0.15) is 26.2 Å². The Bertz CT molecular complexity index is 245. The van der Waals surface area contributed by atoms with Crippen molar-refractivity contribution in [2.24, 2.45) is 16.8 Å². The number of rotatable bonds is 3. The fourth-order valence-corrected chi connectivity index (χ4v) is 2.66. The highest BCUT2D eigenvalue weighted by atomic mass is 15.3. The summed E-state index contributed by atoms with van der Waals surface area (Å²) >= 11 is 0. The lowest BCUT2D eigenvalue weighted by Gasteiger charge is -2.45. The van der Waals surface area contributed by atoms with Crippen LogP contribution >= 0.6 is 0 Å². The van der Waals surface area contributed by atoms with E-state index in [0.29, 0.717) is 6.04 Å². The summed E-state index contributed by atoms with van der Waals surface area (Å²) in [5, 5.41) is 3.44. The van der Waals surface area contributed by atoms with Crippen LogP contribution in [0.3, 0.4) is 0 Å². The molecule has 2 bridgehead atoms. The van der Waals surface area contributed by atoms with Crippen LogP contribution in [0.4, 0.5) is 0 Å². The summed E-state index contributed by atoms with van der Waals surface area (Å²) in [4.78, 5) is 6.91. The highest BCUT2D eigenvalue weighted by molar-refractivity contribution is 5.79. The molecule has 5 nitrogen and oxygen atoms in total. The number of hydrogen-bond donors (Lipinski definition) is 3. The molecule has 0 aromatic heterocycles. The molecule has 1 unspecified atom stereocenters. The van der Waals surface area contributed by atoms with Gasteiger partial charge in [-0.25, -0.2) is 5.84 Å². The minimum atomic E-state index is 0.522. The predicted octanol–water partition coefficient (Wildman–Crippen LogP) is -0.100. The third-order valence-electron chi connectivity index (χ3n) is 3.61. The first-order valence-electron chi connectivity index (χ1n) is 6.33. The van der Waals surface area contributed by atoms with E-state index in [9.17, 15) is 0 Å². The molecular formula is C11H23N5. The van der Waals surface area contributed by atoms with Crippen molar-refractivity contribution in [3.63, 3.8) is 0 Å². The van der Waals surface area contributed by atoms with E-state index in [1.807, 2.05) is 0 Å². The third kappa shape index (κ3) is 2.65. The number of nitrogens with one attached hydrogen (secondary N) is 2. The molecular weight excluding hydrogens is 202 g/mol. The monoisotopic (exact) mass is 225 g/mol. The first kappa shape index (κ1) is 11.7. The summed E-state index contributed by atoms with van der Waals surface area (Å²) in [6.07, 6.45) is 3.67. The van der Waals surface area contributed by atoms with E-state index >= 15 is 0 Å². The molecule has 0 spiro atoms. The molecule has 0 aromatic carbocycles. The van der Waals surface area contributed by atoms with Crippen molar-refractivity contribution in [2.75, 3.05) is 26.2 Å². The maximum absolute atomic E-state index is 5.47. The van der Waals surface area contributed by atoms with Crippen LogP contribution in [0.2, 0.25) is 0 Å². The number of fused-ring (bicyclic) bond motifs is 3. The van der Waals surface area contributed by atoms with E-state index < -0.39 is 0 Å². The lowest BCUT2D eigenvalue weighted by molar-refractivity contribution is 0.0808. The van der Waals surface area contributed by atoms with E-state index in [4.69, 9.17) is 5.84 Å². The Labute approximate surface area is 97.4 Å². The molecule has 0 aromatic rings. The molecule has 3 heterocycles. The highest BCUT2D eigenvalue weighted by Crippen LogP contribution is 2.27. The molecule has 4 N–H and O–H groups in total. The molecule has 3 fully saturated rings. The van der Waals surface area contributed by atoms with Gasteiger partial charge in [0.15, 0.2) is 0 Å². The van der Waals surface area contributed by atoms with Gasteiger partial charge in [-0.15, -0.1) is 0 Å². The zero-order valence-corrected chi connectivity index (χ0v) is 10.1. The van der Waals surface area contributed by atoms with Crippen LogP contribution in [0.15, 0.2) is 4.99 Å². The van der Waals surface area contributed by atoms with Gasteiger partial charge in [0.05, 0.1) is 0 Å². The average Bonchev–Trinajstić information content (AvgIpc) is 2.36. The Morgan fingerprint density at radius 2 is 2.19 bits per heavy atom. The third-order valence-corrected chi connectivity index (χ3v) is 3.61. The second-order valence-electron chi connectivity index (χ2n) is 4.76. The van der Waals surface area contributed by atoms with Crippen LogP contribution in [0.5, 0.6) is 0 Å². The first-order chi connectivity index (χ1) is 7.83. The Morgan fingerprint density at radius 1 is 1.44 bits per heavy atom. The van der Waals surface area contributed by atoms with Crippen molar-refractivity contribution in [2.45, 2.75) is 32.2 Å². The van der Waals surface area contributed by atoms with E-state index in [0.717, 1.165) is 31.4 Å². The van der Waals surface area contributed by atoms with E-state index in [1.54, 1.807) is 0 Å². The lowest BCUT2D eigenvalue weighted by Crippen LogP contribution is -2.59. The molecule has 3 rings (SSSR count). The second kappa shape index (κ2) is 5.50. The predicted molar refractivity (Wildman–Crippen MR) is 66.0 cm³/mol. The zero-order valence-electron chi connectivity index (χ0n) is 10.1. The van der Waals surface area contributed by atoms with E-state index in [1.165, 1.54) is 25.9 Å². The van der Waals surface area contributed by atoms with E-state index in [2.05, 4.69) is 27.6 Å². The van der Waals surface area contributed by atoms with Crippen molar-refractivity contribution in [3.8, 4) is 0 Å². The molecule has 0 saturated carbocycles. The number of nitrogens with two attached hydrogens (primary N) is 1. The largest absolute Gasteiger partial charge is 0.351 e. The zero-order chi connectivity index (χ0) is 11.4. The van der Waals surface area contributed by atoms with Gasteiger partial charge in [0.1, 0.15) is 0 Å². The van der Waals surface area contributed by atoms with Gasteiger partial charge in [0.2, 0.25) is 5.96 Å². The molecule has 3 aliphatic heterocycles. The molecule has 3 aliphatic rings. The summed E-state index contributed by atoms with van der Waals surface area (Å²) in [6, 6.07) is 0.522. The fraction of sp³-hybridized carbons (Fsp3) is 0.909. The van der Waals surface area contributed by atoms with Crippen LogP contribution in [-0.4, -0.2) is 43.1 Å². The smallest absolute Gasteiger partial charge is 0.205 e. The molecule has 0 radical (unpaired) electrons. The maximum atomic E-state index is 5.47. The van der Waals surface area contributed by atoms with Gasteiger partial charge in [-0.2, -0.15) is 0 Å². The summed E-state index contributed by atoms with van der Waals surface area (Å²) in [7, 11) is 0. The second-order valence-corrected chi connectivity index (χ2v) is 4.76. The van der Waals surface area contributed by atoms with Gasteiger partial charge in [0.25, 0.3) is 0 Å². The minimum absolute atomic E-state index is 0.522. The van der Waals surface area contributed by atoms with Crippen LogP contribution < -0.4 is 16.6 Å². The summed E-state index contributed by atoms with van der Waals surface area (Å²) < 4.78 is 0. The SMILES string of the molecule is CCCN=C(NN)NC1CN2CCC1CC2. The number of hydrazine groups is 1. The van der Waals surface area contributed by atoms with Crippen LogP contribution in [0.25, 0.3) is 0 Å². The first-order valence-corrected chi connectivity index (χ1v) is 6.33. The normalized spacial score (nSPS) is 33.9. The Hall–Kier alpha value is -0.810. The molecule has 1 atom stereocenters. The van der Waals surface area contributed by atoms with Gasteiger partial charge >= 0.3 is 0 Å². The quantitative estimate of drug-likeness (QED) is 0.272. The standard InChI is InChI=1S/C11H23N5/c1-2-5-13-11(15-12)14-10-8-16-6-3-9(10)4-7-16/h9-10H,2-8,12H2,1H3,(H2,13,14,15). The highest BCUT2D eigenvalue weighted by Gasteiger charge is 2.34. The van der Waals surface area contributed by atoms with Gasteiger partial charge in [-0.05, 0) is 38.3 Å². The molecule has 3 saturated heterocycles. The lowest BCUT2D eigenvalue weighted by atomic mass is 9.84. The maximum Gasteiger partial charge on any atom is 0.205 e. The van der Waals surface area contributed by atoms with Gasteiger partial charge in [-0.1, -0.05) is 6.92 Å². The van der Waals surface area contributed by atoms with E-state index in [-0.39, 0.29) is 0 Å². The van der Waals surface area contributed by atoms with Gasteiger partial charge in [0, 0.05) is 19.1 Å². The number of piperidine rings is 3. The number of hydrogen-bond acceptors (Lipinski definition) is 3. The van der Waals surface area contributed by atoms with Gasteiger partial charge in [-0.3, -0.25) is 10.4 Å². The molecule has 0 amide bonds. The van der Waals surface area contributed by atoms with Gasteiger partial charge < -0.3 is 10.2 Å². The van der Waals surface area contributed by atoms with Crippen molar-refractivity contribution >= 4 is 5.96 Å². The van der Waals surface area contributed by atoms with Crippen molar-refractivity contribution in [3.05, 3.63) is 0 Å². The van der Waals surface area contributed by atoms with Crippen LogP contribution in [0, 0.1) is 5.92 Å². The summed E-state index contributed by atoms with van der Waals surface area (Å²) in [5.41, 5.74) is 2.66. The number of nitrogens with zero attached hydrogens (tertiary/aromatic N) is 2. The topological polar surface area (TPSA) is 65.7 Å². The fourth-order valence-electron chi connectivity index (χ4n) is 2.66. The molecule has 5 heteroatoms. The summed E-state index contributed by atoms with van der Waals surface area (Å²) in [6.45, 7) is 6.61. The van der Waals surface area contributed by atoms with Crippen LogP contribution in [-0.2, 0) is 0 Å². The van der Waals surface area contributed by atoms with Crippen molar-refractivity contribution in [1.82, 2.24) is 15.6 Å². The molecule has 92 valence electrons. The Kier molecular flexibility index (Phi) is 4.01. The Balaban J connectivity index is 1.88. The summed E-state index contributed by atoms with van der Waals surface area (Å²) in [5.74, 6) is 7.02. The number of guanidine groups is 1. The Morgan fingerprint density at radius 3 is 2.69 bits per heavy atom.